The average molecular weight is 299 g/mol. The molecule has 21 heavy (non-hydrogen) atoms. The monoisotopic (exact) mass is 299 g/mol. The lowest BCUT2D eigenvalue weighted by atomic mass is 9.74. The van der Waals surface area contributed by atoms with Crippen molar-refractivity contribution in [3.05, 3.63) is 0 Å². The third kappa shape index (κ3) is 14.1. The standard InChI is InChI=1S/C18H37NO2/c1-7-21-13-11-9-8-10-12-19-16(20)14-18(5,6)15-17(2,3)4/h7-15H2,1-6H3,(H,19,20). The lowest BCUT2D eigenvalue weighted by Gasteiger charge is -2.31. The van der Waals surface area contributed by atoms with Crippen LogP contribution in [0.2, 0.25) is 0 Å². The molecule has 0 fully saturated rings. The number of unbranched alkanes of at least 4 members (excludes halogenated alkanes) is 3. The van der Waals surface area contributed by atoms with Gasteiger partial charge in [0.15, 0.2) is 0 Å². The van der Waals surface area contributed by atoms with Crippen molar-refractivity contribution in [3.8, 4) is 0 Å². The van der Waals surface area contributed by atoms with Gasteiger partial charge >= 0.3 is 0 Å². The minimum Gasteiger partial charge on any atom is -0.382 e. The van der Waals surface area contributed by atoms with E-state index >= 15 is 0 Å². The largest absolute Gasteiger partial charge is 0.382 e. The van der Waals surface area contributed by atoms with E-state index in [9.17, 15) is 4.79 Å². The van der Waals surface area contributed by atoms with Crippen LogP contribution in [0.4, 0.5) is 0 Å². The molecule has 126 valence electrons. The van der Waals surface area contributed by atoms with Gasteiger partial charge in [-0.15, -0.1) is 0 Å². The molecule has 3 heteroatoms. The predicted octanol–water partition coefficient (Wildman–Crippen LogP) is 4.55. The first-order valence-corrected chi connectivity index (χ1v) is 8.51. The molecule has 0 aliphatic carbocycles. The van der Waals surface area contributed by atoms with Gasteiger partial charge in [0.25, 0.3) is 0 Å². The van der Waals surface area contributed by atoms with Crippen LogP contribution in [0.1, 0.15) is 80.1 Å². The maximum absolute atomic E-state index is 12.0. The van der Waals surface area contributed by atoms with E-state index in [0.29, 0.717) is 6.42 Å². The molecule has 0 bridgehead atoms. The Morgan fingerprint density at radius 1 is 1.00 bits per heavy atom. The Morgan fingerprint density at radius 3 is 2.19 bits per heavy atom. The number of rotatable bonds is 11. The van der Waals surface area contributed by atoms with Crippen molar-refractivity contribution in [2.75, 3.05) is 19.8 Å². The fourth-order valence-electron chi connectivity index (χ4n) is 3.05. The summed E-state index contributed by atoms with van der Waals surface area (Å²) in [6.07, 6.45) is 6.22. The van der Waals surface area contributed by atoms with Crippen LogP contribution in [0, 0.1) is 10.8 Å². The maximum atomic E-state index is 12.0. The molecule has 0 atom stereocenters. The molecule has 0 aliphatic rings. The summed E-state index contributed by atoms with van der Waals surface area (Å²) in [5.41, 5.74) is 0.337. The molecule has 0 unspecified atom stereocenters. The van der Waals surface area contributed by atoms with Crippen LogP contribution >= 0.6 is 0 Å². The SMILES string of the molecule is CCOCCCCCCNC(=O)CC(C)(C)CC(C)(C)C. The fourth-order valence-corrected chi connectivity index (χ4v) is 3.05. The molecule has 0 heterocycles. The second kappa shape index (κ2) is 10.2. The maximum Gasteiger partial charge on any atom is 0.220 e. The summed E-state index contributed by atoms with van der Waals surface area (Å²) in [5.74, 6) is 0.193. The van der Waals surface area contributed by atoms with Crippen molar-refractivity contribution < 1.29 is 9.53 Å². The molecule has 0 aliphatic heterocycles. The fraction of sp³-hybridized carbons (Fsp3) is 0.944. The van der Waals surface area contributed by atoms with Gasteiger partial charge in [-0.1, -0.05) is 47.5 Å². The van der Waals surface area contributed by atoms with E-state index in [1.807, 2.05) is 6.92 Å². The molecule has 1 amide bonds. The predicted molar refractivity (Wildman–Crippen MR) is 90.4 cm³/mol. The molecule has 3 nitrogen and oxygen atoms in total. The molecule has 1 N–H and O–H groups in total. The summed E-state index contributed by atoms with van der Waals surface area (Å²) in [6, 6.07) is 0. The molecule has 0 rings (SSSR count). The van der Waals surface area contributed by atoms with E-state index in [1.165, 1.54) is 12.8 Å². The van der Waals surface area contributed by atoms with Gasteiger partial charge in [-0.05, 0) is 37.0 Å². The minimum atomic E-state index is 0.0693. The van der Waals surface area contributed by atoms with Crippen LogP contribution in [0.3, 0.4) is 0 Å². The van der Waals surface area contributed by atoms with Crippen molar-refractivity contribution >= 4 is 5.91 Å². The lowest BCUT2D eigenvalue weighted by Crippen LogP contribution is -2.31. The Labute approximate surface area is 132 Å². The summed E-state index contributed by atoms with van der Waals surface area (Å²) in [6.45, 7) is 15.6. The Kier molecular flexibility index (Phi) is 9.93. The Hall–Kier alpha value is -0.570. The highest BCUT2D eigenvalue weighted by Gasteiger charge is 2.27. The topological polar surface area (TPSA) is 38.3 Å². The van der Waals surface area contributed by atoms with Gasteiger partial charge in [0.1, 0.15) is 0 Å². The first kappa shape index (κ1) is 20.4. The zero-order valence-electron chi connectivity index (χ0n) is 15.2. The van der Waals surface area contributed by atoms with Gasteiger partial charge < -0.3 is 10.1 Å². The Morgan fingerprint density at radius 2 is 1.62 bits per heavy atom. The first-order valence-electron chi connectivity index (χ1n) is 8.51. The van der Waals surface area contributed by atoms with Crippen LogP contribution in [-0.2, 0) is 9.53 Å². The van der Waals surface area contributed by atoms with Crippen molar-refractivity contribution in [1.29, 1.82) is 0 Å². The van der Waals surface area contributed by atoms with Crippen LogP contribution < -0.4 is 5.32 Å². The molecule has 0 radical (unpaired) electrons. The van der Waals surface area contributed by atoms with Crippen molar-refractivity contribution in [1.82, 2.24) is 5.32 Å². The molecule has 0 aromatic rings. The molecule has 0 spiro atoms. The average Bonchev–Trinajstić information content (AvgIpc) is 2.28. The number of carbonyl (C=O) groups excluding carboxylic acids is 1. The second-order valence-corrected chi connectivity index (χ2v) is 8.04. The van der Waals surface area contributed by atoms with Crippen molar-refractivity contribution in [2.24, 2.45) is 10.8 Å². The summed E-state index contributed by atoms with van der Waals surface area (Å²) < 4.78 is 5.30. The lowest BCUT2D eigenvalue weighted by molar-refractivity contribution is -0.123. The summed E-state index contributed by atoms with van der Waals surface area (Å²) in [4.78, 5) is 12.0. The first-order chi connectivity index (χ1) is 9.66. The zero-order valence-corrected chi connectivity index (χ0v) is 15.2. The van der Waals surface area contributed by atoms with Gasteiger partial charge in [0.2, 0.25) is 5.91 Å². The quantitative estimate of drug-likeness (QED) is 0.568. The number of carbonyl (C=O) groups is 1. The van der Waals surface area contributed by atoms with Crippen LogP contribution in [0.25, 0.3) is 0 Å². The number of hydrogen-bond donors (Lipinski definition) is 1. The second-order valence-electron chi connectivity index (χ2n) is 8.04. The molecular formula is C18H37NO2. The zero-order chi connectivity index (χ0) is 16.4. The number of amides is 1. The highest BCUT2D eigenvalue weighted by molar-refractivity contribution is 5.76. The minimum absolute atomic E-state index is 0.0693. The Bertz CT molecular complexity index is 279. The third-order valence-electron chi connectivity index (χ3n) is 3.39. The van der Waals surface area contributed by atoms with E-state index in [2.05, 4.69) is 39.9 Å². The molecule has 0 aromatic carbocycles. The number of hydrogen-bond acceptors (Lipinski definition) is 2. The normalized spacial score (nSPS) is 12.5. The van der Waals surface area contributed by atoms with Crippen LogP contribution in [0.5, 0.6) is 0 Å². The molecular weight excluding hydrogens is 262 g/mol. The van der Waals surface area contributed by atoms with Crippen LogP contribution in [0.15, 0.2) is 0 Å². The highest BCUT2D eigenvalue weighted by atomic mass is 16.5. The van der Waals surface area contributed by atoms with Gasteiger partial charge in [-0.25, -0.2) is 0 Å². The van der Waals surface area contributed by atoms with E-state index in [4.69, 9.17) is 4.74 Å². The van der Waals surface area contributed by atoms with E-state index in [1.54, 1.807) is 0 Å². The van der Waals surface area contributed by atoms with Crippen molar-refractivity contribution in [2.45, 2.75) is 80.1 Å². The summed E-state index contributed by atoms with van der Waals surface area (Å²) >= 11 is 0. The van der Waals surface area contributed by atoms with Gasteiger partial charge in [0, 0.05) is 26.2 Å². The van der Waals surface area contributed by atoms with E-state index in [-0.39, 0.29) is 16.7 Å². The molecule has 0 saturated heterocycles. The molecule has 0 saturated carbocycles. The molecule has 0 aromatic heterocycles. The van der Waals surface area contributed by atoms with Crippen molar-refractivity contribution in [3.63, 3.8) is 0 Å². The third-order valence-corrected chi connectivity index (χ3v) is 3.39. The smallest absolute Gasteiger partial charge is 0.220 e. The van der Waals surface area contributed by atoms with Gasteiger partial charge in [0.05, 0.1) is 0 Å². The number of nitrogens with one attached hydrogen (secondary N) is 1. The van der Waals surface area contributed by atoms with Crippen LogP contribution in [-0.4, -0.2) is 25.7 Å². The summed E-state index contributed by atoms with van der Waals surface area (Å²) in [5, 5.41) is 3.06. The van der Waals surface area contributed by atoms with E-state index < -0.39 is 0 Å². The van der Waals surface area contributed by atoms with Gasteiger partial charge in [-0.3, -0.25) is 4.79 Å². The summed E-state index contributed by atoms with van der Waals surface area (Å²) in [7, 11) is 0. The Balaban J connectivity index is 3.66. The highest BCUT2D eigenvalue weighted by Crippen LogP contribution is 2.35. The number of ether oxygens (including phenoxy) is 1. The van der Waals surface area contributed by atoms with Gasteiger partial charge in [-0.2, -0.15) is 0 Å². The van der Waals surface area contributed by atoms with E-state index in [0.717, 1.165) is 39.0 Å².